The summed E-state index contributed by atoms with van der Waals surface area (Å²) in [6.45, 7) is 5.40. The van der Waals surface area contributed by atoms with Crippen LogP contribution in [0.5, 0.6) is 0 Å². The van der Waals surface area contributed by atoms with Gasteiger partial charge in [-0.05, 0) is 26.2 Å². The van der Waals surface area contributed by atoms with Crippen molar-refractivity contribution in [2.24, 2.45) is 16.5 Å². The van der Waals surface area contributed by atoms with Crippen molar-refractivity contribution in [2.75, 3.05) is 0 Å². The fourth-order valence-electron chi connectivity index (χ4n) is 1.86. The molecule has 5 N–H and O–H groups in total. The third-order valence-corrected chi connectivity index (χ3v) is 2.69. The van der Waals surface area contributed by atoms with Crippen LogP contribution in [0.1, 0.15) is 46.5 Å². The number of rotatable bonds is 2. The lowest BCUT2D eigenvalue weighted by molar-refractivity contribution is -0.138. The summed E-state index contributed by atoms with van der Waals surface area (Å²) in [6.07, 6.45) is 2.45. The number of hydrogen-bond acceptors (Lipinski definition) is 3. The molecular weight excluding hydrogens is 206 g/mol. The van der Waals surface area contributed by atoms with Crippen LogP contribution in [0.3, 0.4) is 0 Å². The van der Waals surface area contributed by atoms with Gasteiger partial charge in [-0.15, -0.1) is 0 Å². The number of aliphatic hydroxyl groups is 1. The zero-order chi connectivity index (χ0) is 12.8. The maximum Gasteiger partial charge on any atom is 0.186 e. The summed E-state index contributed by atoms with van der Waals surface area (Å²) in [6, 6.07) is -0.123. The molecule has 1 saturated carbocycles. The molecule has 5 heteroatoms. The van der Waals surface area contributed by atoms with E-state index in [-0.39, 0.29) is 17.8 Å². The molecule has 16 heavy (non-hydrogen) atoms. The van der Waals surface area contributed by atoms with E-state index in [4.69, 9.17) is 11.5 Å². The first-order valence-electron chi connectivity index (χ1n) is 5.76. The van der Waals surface area contributed by atoms with Gasteiger partial charge in [0, 0.05) is 6.42 Å². The van der Waals surface area contributed by atoms with Crippen LogP contribution in [0.15, 0.2) is 4.99 Å². The molecular formula is C11H23N3O2. The molecule has 0 aromatic rings. The predicted octanol–water partition coefficient (Wildman–Crippen LogP) is 0.549. The third kappa shape index (κ3) is 4.18. The number of carbonyl (C=O) groups is 1. The maximum atomic E-state index is 11.2. The Labute approximate surface area is 96.9 Å². The minimum Gasteiger partial charge on any atom is -0.382 e. The summed E-state index contributed by atoms with van der Waals surface area (Å²) in [5.74, 6) is -0.184. The maximum absolute atomic E-state index is 11.2. The highest BCUT2D eigenvalue weighted by molar-refractivity contribution is 5.85. The Kier molecular flexibility index (Phi) is 6.03. The zero-order valence-electron chi connectivity index (χ0n) is 10.4. The average Bonchev–Trinajstić information content (AvgIpc) is 2.19. The van der Waals surface area contributed by atoms with Crippen molar-refractivity contribution in [3.05, 3.63) is 0 Å². The molecule has 0 aliphatic heterocycles. The van der Waals surface area contributed by atoms with Gasteiger partial charge >= 0.3 is 0 Å². The number of nitrogens with two attached hydrogens (primary N) is 2. The van der Waals surface area contributed by atoms with E-state index in [0.717, 1.165) is 12.8 Å². The van der Waals surface area contributed by atoms with Gasteiger partial charge in [-0.3, -0.25) is 9.79 Å². The minimum atomic E-state index is -1.22. The smallest absolute Gasteiger partial charge is 0.186 e. The Bertz CT molecular complexity index is 262. The van der Waals surface area contributed by atoms with E-state index in [1.54, 1.807) is 0 Å². The Hall–Kier alpha value is -1.10. The molecule has 0 saturated heterocycles. The van der Waals surface area contributed by atoms with Crippen LogP contribution in [0.25, 0.3) is 0 Å². The average molecular weight is 229 g/mol. The van der Waals surface area contributed by atoms with E-state index in [1.807, 2.05) is 13.8 Å². The number of ketones is 1. The number of aliphatic imine (C=N–C) groups is 1. The van der Waals surface area contributed by atoms with Gasteiger partial charge in [0.1, 0.15) is 5.60 Å². The molecule has 1 fully saturated rings. The summed E-state index contributed by atoms with van der Waals surface area (Å²) >= 11 is 0. The molecule has 1 rings (SSSR count). The molecule has 1 aliphatic rings. The standard InChI is InChI=1S/C9H17N3O2.C2H6/c1-6(13)9(14)4-2-3-7(5-9)12-8(10)11;1-2/h7,14H,2-5H2,1H3,(H4,10,11,12);1-2H3. The molecule has 0 bridgehead atoms. The van der Waals surface area contributed by atoms with Crippen LogP contribution < -0.4 is 11.5 Å². The Morgan fingerprint density at radius 1 is 1.44 bits per heavy atom. The van der Waals surface area contributed by atoms with Crippen LogP contribution in [0.4, 0.5) is 0 Å². The second kappa shape index (κ2) is 6.48. The molecule has 0 aromatic heterocycles. The lowest BCUT2D eigenvalue weighted by atomic mass is 9.80. The number of guanidine groups is 1. The molecule has 2 atom stereocenters. The molecule has 2 unspecified atom stereocenters. The third-order valence-electron chi connectivity index (χ3n) is 2.69. The van der Waals surface area contributed by atoms with Gasteiger partial charge in [-0.2, -0.15) is 0 Å². The zero-order valence-corrected chi connectivity index (χ0v) is 10.4. The summed E-state index contributed by atoms with van der Waals surface area (Å²) in [5, 5.41) is 9.93. The van der Waals surface area contributed by atoms with E-state index in [1.165, 1.54) is 6.92 Å². The van der Waals surface area contributed by atoms with Crippen LogP contribution in [-0.4, -0.2) is 28.5 Å². The van der Waals surface area contributed by atoms with Crippen molar-refractivity contribution in [3.8, 4) is 0 Å². The monoisotopic (exact) mass is 229 g/mol. The molecule has 0 heterocycles. The second-order valence-corrected chi connectivity index (χ2v) is 3.89. The van der Waals surface area contributed by atoms with Gasteiger partial charge in [0.05, 0.1) is 6.04 Å². The van der Waals surface area contributed by atoms with Crippen molar-refractivity contribution in [2.45, 2.75) is 58.1 Å². The number of hydrogen-bond donors (Lipinski definition) is 3. The molecule has 0 spiro atoms. The van der Waals surface area contributed by atoms with Gasteiger partial charge < -0.3 is 16.6 Å². The summed E-state index contributed by atoms with van der Waals surface area (Å²) in [4.78, 5) is 15.2. The van der Waals surface area contributed by atoms with Crippen molar-refractivity contribution < 1.29 is 9.90 Å². The van der Waals surface area contributed by atoms with Crippen molar-refractivity contribution in [1.29, 1.82) is 0 Å². The highest BCUT2D eigenvalue weighted by Crippen LogP contribution is 2.30. The van der Waals surface area contributed by atoms with Crippen molar-refractivity contribution >= 4 is 11.7 Å². The number of nitrogens with zero attached hydrogens (tertiary/aromatic N) is 1. The molecule has 0 radical (unpaired) electrons. The van der Waals surface area contributed by atoms with E-state index < -0.39 is 5.60 Å². The Balaban J connectivity index is 0.00000106. The van der Waals surface area contributed by atoms with Crippen LogP contribution in [0.2, 0.25) is 0 Å². The Morgan fingerprint density at radius 3 is 2.44 bits per heavy atom. The van der Waals surface area contributed by atoms with Gasteiger partial charge in [-0.1, -0.05) is 13.8 Å². The summed E-state index contributed by atoms with van der Waals surface area (Å²) in [5.41, 5.74) is 9.28. The highest BCUT2D eigenvalue weighted by Gasteiger charge is 2.38. The second-order valence-electron chi connectivity index (χ2n) is 3.89. The van der Waals surface area contributed by atoms with Gasteiger partial charge in [0.15, 0.2) is 11.7 Å². The van der Waals surface area contributed by atoms with Gasteiger partial charge in [-0.25, -0.2) is 0 Å². The minimum absolute atomic E-state index is 0.0165. The van der Waals surface area contributed by atoms with E-state index in [0.29, 0.717) is 12.8 Å². The highest BCUT2D eigenvalue weighted by atomic mass is 16.3. The molecule has 5 nitrogen and oxygen atoms in total. The van der Waals surface area contributed by atoms with Crippen molar-refractivity contribution in [1.82, 2.24) is 0 Å². The first-order chi connectivity index (χ1) is 7.44. The van der Waals surface area contributed by atoms with Crippen LogP contribution >= 0.6 is 0 Å². The van der Waals surface area contributed by atoms with Gasteiger partial charge in [0.2, 0.25) is 0 Å². The lowest BCUT2D eigenvalue weighted by Crippen LogP contribution is -2.43. The molecule has 94 valence electrons. The fraction of sp³-hybridized carbons (Fsp3) is 0.818. The summed E-state index contributed by atoms with van der Waals surface area (Å²) in [7, 11) is 0. The number of carbonyl (C=O) groups excluding carboxylic acids is 1. The van der Waals surface area contributed by atoms with E-state index in [2.05, 4.69) is 4.99 Å². The topological polar surface area (TPSA) is 102 Å². The number of Topliss-reactive ketones (excluding diaryl/α,β-unsaturated/α-hetero) is 1. The normalized spacial score (nSPS) is 28.6. The molecule has 0 amide bonds. The molecule has 0 aromatic carbocycles. The predicted molar refractivity (Wildman–Crippen MR) is 65.0 cm³/mol. The van der Waals surface area contributed by atoms with Crippen molar-refractivity contribution in [3.63, 3.8) is 0 Å². The summed E-state index contributed by atoms with van der Waals surface area (Å²) < 4.78 is 0. The van der Waals surface area contributed by atoms with Crippen LogP contribution in [-0.2, 0) is 4.79 Å². The first kappa shape index (κ1) is 14.9. The SMILES string of the molecule is CC.CC(=O)C1(O)CCCC(N=C(N)N)C1. The molecule has 1 aliphatic carbocycles. The quantitative estimate of drug-likeness (QED) is 0.475. The van der Waals surface area contributed by atoms with Gasteiger partial charge in [0.25, 0.3) is 0 Å². The lowest BCUT2D eigenvalue weighted by Gasteiger charge is -2.33. The first-order valence-corrected chi connectivity index (χ1v) is 5.76. The van der Waals surface area contributed by atoms with Crippen LogP contribution in [0, 0.1) is 0 Å². The largest absolute Gasteiger partial charge is 0.382 e. The fourth-order valence-corrected chi connectivity index (χ4v) is 1.86. The van der Waals surface area contributed by atoms with E-state index in [9.17, 15) is 9.90 Å². The Morgan fingerprint density at radius 2 is 2.00 bits per heavy atom. The van der Waals surface area contributed by atoms with E-state index >= 15 is 0 Å².